The summed E-state index contributed by atoms with van der Waals surface area (Å²) in [6.45, 7) is 2.18. The number of anilines is 1. The third-order valence-corrected chi connectivity index (χ3v) is 5.70. The third-order valence-electron chi connectivity index (χ3n) is 4.29. The van der Waals surface area contributed by atoms with Crippen molar-refractivity contribution >= 4 is 27.5 Å². The van der Waals surface area contributed by atoms with E-state index in [1.807, 2.05) is 6.92 Å². The minimum atomic E-state index is -3.78. The molecule has 0 aromatic heterocycles. The first kappa shape index (κ1) is 14.9. The van der Waals surface area contributed by atoms with Crippen molar-refractivity contribution < 1.29 is 18.0 Å². The molecule has 0 aliphatic carbocycles. The van der Waals surface area contributed by atoms with Crippen LogP contribution in [0.2, 0.25) is 0 Å². The molecule has 1 N–H and O–H groups in total. The van der Waals surface area contributed by atoms with Gasteiger partial charge in [0.15, 0.2) is 0 Å². The molecule has 2 amide bonds. The van der Waals surface area contributed by atoms with E-state index in [0.29, 0.717) is 24.1 Å². The molecule has 2 aromatic rings. The number of amides is 2. The van der Waals surface area contributed by atoms with E-state index in [-0.39, 0.29) is 27.6 Å². The summed E-state index contributed by atoms with van der Waals surface area (Å²) in [5, 5.41) is 0. The first-order valence-corrected chi connectivity index (χ1v) is 9.09. The average Bonchev–Trinajstić information content (AvgIpc) is 2.80. The number of hydrogen-bond donors (Lipinski definition) is 1. The van der Waals surface area contributed by atoms with Crippen molar-refractivity contribution in [1.29, 1.82) is 0 Å². The van der Waals surface area contributed by atoms with Gasteiger partial charge < -0.3 is 0 Å². The molecule has 0 bridgehead atoms. The number of fused-ring (bicyclic) bond motifs is 5. The number of benzene rings is 2. The molecule has 0 radical (unpaired) electrons. The lowest BCUT2D eigenvalue weighted by Gasteiger charge is -2.23. The Bertz CT molecular complexity index is 1010. The topological polar surface area (TPSA) is 83.6 Å². The van der Waals surface area contributed by atoms with Crippen LogP contribution < -0.4 is 4.72 Å². The molecule has 6 nitrogen and oxygen atoms in total. The largest absolute Gasteiger partial charge is 0.278 e. The van der Waals surface area contributed by atoms with Crippen LogP contribution in [-0.4, -0.2) is 31.7 Å². The second kappa shape index (κ2) is 4.91. The Kier molecular flexibility index (Phi) is 3.05. The molecule has 0 saturated heterocycles. The summed E-state index contributed by atoms with van der Waals surface area (Å²) in [5.74, 6) is -0.825. The fourth-order valence-corrected chi connectivity index (χ4v) is 4.56. The predicted octanol–water partition coefficient (Wildman–Crippen LogP) is 2.47. The van der Waals surface area contributed by atoms with Gasteiger partial charge in [0, 0.05) is 17.7 Å². The number of nitrogens with one attached hydrogen (secondary N) is 1. The van der Waals surface area contributed by atoms with Gasteiger partial charge in [-0.3, -0.25) is 19.2 Å². The van der Waals surface area contributed by atoms with E-state index in [1.165, 1.54) is 11.0 Å². The zero-order valence-electron chi connectivity index (χ0n) is 12.9. The molecule has 24 heavy (non-hydrogen) atoms. The Hall–Kier alpha value is -2.67. The molecule has 4 rings (SSSR count). The lowest BCUT2D eigenvalue weighted by molar-refractivity contribution is 0.0654. The Morgan fingerprint density at radius 1 is 0.958 bits per heavy atom. The molecular weight excluding hydrogens is 328 g/mol. The number of sulfonamides is 1. The van der Waals surface area contributed by atoms with Crippen LogP contribution in [0.1, 0.15) is 34.1 Å². The zero-order chi connectivity index (χ0) is 17.1. The maximum atomic E-state index is 12.7. The number of imide groups is 1. The lowest BCUT2D eigenvalue weighted by Crippen LogP contribution is -2.30. The van der Waals surface area contributed by atoms with Crippen molar-refractivity contribution in [2.75, 3.05) is 11.3 Å². The van der Waals surface area contributed by atoms with Crippen LogP contribution in [0.3, 0.4) is 0 Å². The molecule has 2 aliphatic heterocycles. The van der Waals surface area contributed by atoms with E-state index >= 15 is 0 Å². The van der Waals surface area contributed by atoms with Gasteiger partial charge in [-0.25, -0.2) is 8.42 Å². The second-order valence-corrected chi connectivity index (χ2v) is 7.43. The highest BCUT2D eigenvalue weighted by Crippen LogP contribution is 2.44. The number of carbonyl (C=O) groups is 2. The minimum Gasteiger partial charge on any atom is -0.278 e. The van der Waals surface area contributed by atoms with E-state index in [9.17, 15) is 18.0 Å². The Balaban J connectivity index is 2.00. The number of hydrogen-bond acceptors (Lipinski definition) is 4. The number of carbonyl (C=O) groups excluding carboxylic acids is 2. The molecule has 0 atom stereocenters. The van der Waals surface area contributed by atoms with Crippen LogP contribution in [0.4, 0.5) is 5.69 Å². The zero-order valence-corrected chi connectivity index (χ0v) is 13.7. The Morgan fingerprint density at radius 3 is 2.42 bits per heavy atom. The van der Waals surface area contributed by atoms with Gasteiger partial charge in [0.25, 0.3) is 21.8 Å². The molecule has 122 valence electrons. The standard InChI is InChI=1S/C17H14N2O4S/c1-2-9-19-16(20)12-8-7-11-10-5-3-4-6-13(10)24(22,23)18-15(11)14(12)17(19)21/h3-8,18H,2,9H2,1H3. The van der Waals surface area contributed by atoms with Crippen LogP contribution in [0, 0.1) is 0 Å². The van der Waals surface area contributed by atoms with Crippen molar-refractivity contribution in [1.82, 2.24) is 4.90 Å². The summed E-state index contributed by atoms with van der Waals surface area (Å²) in [6, 6.07) is 9.89. The van der Waals surface area contributed by atoms with Gasteiger partial charge in [0.2, 0.25) is 0 Å². The second-order valence-electron chi connectivity index (χ2n) is 5.77. The highest BCUT2D eigenvalue weighted by atomic mass is 32.2. The summed E-state index contributed by atoms with van der Waals surface area (Å²) in [5.41, 5.74) is 1.73. The van der Waals surface area contributed by atoms with Gasteiger partial charge in [0.1, 0.15) is 0 Å². The third kappa shape index (κ3) is 1.85. The van der Waals surface area contributed by atoms with Crippen molar-refractivity contribution in [3.05, 3.63) is 47.5 Å². The van der Waals surface area contributed by atoms with Crippen LogP contribution in [0.25, 0.3) is 11.1 Å². The van der Waals surface area contributed by atoms with E-state index < -0.39 is 15.9 Å². The van der Waals surface area contributed by atoms with Crippen LogP contribution >= 0.6 is 0 Å². The van der Waals surface area contributed by atoms with Crippen molar-refractivity contribution in [3.8, 4) is 11.1 Å². The monoisotopic (exact) mass is 342 g/mol. The summed E-state index contributed by atoms with van der Waals surface area (Å²) < 4.78 is 27.5. The summed E-state index contributed by atoms with van der Waals surface area (Å²) in [7, 11) is -3.78. The first-order chi connectivity index (χ1) is 11.5. The van der Waals surface area contributed by atoms with Crippen molar-refractivity contribution in [2.24, 2.45) is 0 Å². The highest BCUT2D eigenvalue weighted by molar-refractivity contribution is 7.93. The average molecular weight is 342 g/mol. The van der Waals surface area contributed by atoms with Gasteiger partial charge in [0.05, 0.1) is 21.7 Å². The van der Waals surface area contributed by atoms with Crippen LogP contribution in [0.15, 0.2) is 41.3 Å². The van der Waals surface area contributed by atoms with Crippen molar-refractivity contribution in [3.63, 3.8) is 0 Å². The van der Waals surface area contributed by atoms with Crippen LogP contribution in [0.5, 0.6) is 0 Å². The molecule has 0 saturated carbocycles. The quantitative estimate of drug-likeness (QED) is 0.850. The maximum Gasteiger partial charge on any atom is 0.263 e. The number of rotatable bonds is 2. The minimum absolute atomic E-state index is 0.143. The molecule has 2 aromatic carbocycles. The fourth-order valence-electron chi connectivity index (χ4n) is 3.25. The van der Waals surface area contributed by atoms with E-state index in [2.05, 4.69) is 4.72 Å². The SMILES string of the molecule is CCCN1C(=O)c2ccc3c(c2C1=O)NS(=O)(=O)c1ccccc1-3. The molecule has 0 spiro atoms. The first-order valence-electron chi connectivity index (χ1n) is 7.61. The summed E-state index contributed by atoms with van der Waals surface area (Å²) >= 11 is 0. The van der Waals surface area contributed by atoms with Gasteiger partial charge in [-0.1, -0.05) is 31.2 Å². The molecule has 2 heterocycles. The fraction of sp³-hybridized carbons (Fsp3) is 0.176. The smallest absolute Gasteiger partial charge is 0.263 e. The molecule has 0 unspecified atom stereocenters. The summed E-state index contributed by atoms with van der Waals surface area (Å²) in [6.07, 6.45) is 0.641. The van der Waals surface area contributed by atoms with Crippen LogP contribution in [-0.2, 0) is 10.0 Å². The van der Waals surface area contributed by atoms with Gasteiger partial charge >= 0.3 is 0 Å². The van der Waals surface area contributed by atoms with E-state index in [0.717, 1.165) is 0 Å². The molecule has 7 heteroatoms. The predicted molar refractivity (Wildman–Crippen MR) is 88.3 cm³/mol. The van der Waals surface area contributed by atoms with Crippen molar-refractivity contribution in [2.45, 2.75) is 18.2 Å². The van der Waals surface area contributed by atoms with Gasteiger partial charge in [-0.2, -0.15) is 0 Å². The van der Waals surface area contributed by atoms with Gasteiger partial charge in [-0.05, 0) is 18.6 Å². The highest BCUT2D eigenvalue weighted by Gasteiger charge is 2.40. The summed E-state index contributed by atoms with van der Waals surface area (Å²) in [4.78, 5) is 26.4. The molecule has 0 fully saturated rings. The Labute approximate surface area is 139 Å². The number of nitrogens with zero attached hydrogens (tertiary/aromatic N) is 1. The molecule has 2 aliphatic rings. The maximum absolute atomic E-state index is 12.7. The molecular formula is C17H14N2O4S. The van der Waals surface area contributed by atoms with E-state index in [1.54, 1.807) is 30.3 Å². The normalized spacial score (nSPS) is 17.1. The Morgan fingerprint density at radius 2 is 1.67 bits per heavy atom. The van der Waals surface area contributed by atoms with Gasteiger partial charge in [-0.15, -0.1) is 0 Å². The van der Waals surface area contributed by atoms with E-state index in [4.69, 9.17) is 0 Å². The lowest BCUT2D eigenvalue weighted by atomic mass is 9.97.